The normalized spacial score (nSPS) is 9.83. The van der Waals surface area contributed by atoms with Gasteiger partial charge in [-0.1, -0.05) is 0 Å². The molecule has 6 heavy (non-hydrogen) atoms. The van der Waals surface area contributed by atoms with Gasteiger partial charge in [-0.2, -0.15) is 0 Å². The van der Waals surface area contributed by atoms with Crippen LogP contribution in [0.2, 0.25) is 11.4 Å². The summed E-state index contributed by atoms with van der Waals surface area (Å²) in [6, 6.07) is 0. The van der Waals surface area contributed by atoms with Crippen LogP contribution in [0.5, 0.6) is 0 Å². The number of rotatable bonds is 0. The van der Waals surface area contributed by atoms with Crippen LogP contribution >= 0.6 is 0 Å². The third kappa shape index (κ3) is 32.7. The minimum atomic E-state index is -3.38. The molecule has 0 aliphatic heterocycles. The maximum Gasteiger partial charge on any atom is 1.00 e. The van der Waals surface area contributed by atoms with E-state index in [1.807, 2.05) is 0 Å². The second-order valence-corrected chi connectivity index (χ2v) is 6.51. The summed E-state index contributed by atoms with van der Waals surface area (Å²) in [5.41, 5.74) is 2.50. The Balaban J connectivity index is 0. The van der Waals surface area contributed by atoms with E-state index >= 15 is 0 Å². The molecule has 0 aliphatic rings. The topological polar surface area (TPSA) is 40.1 Å². The maximum atomic E-state index is 9.72. The summed E-state index contributed by atoms with van der Waals surface area (Å²) in [7, 11) is 0. The van der Waals surface area contributed by atoms with Crippen LogP contribution in [0.25, 0.3) is 0 Å². The van der Waals surface area contributed by atoms with Crippen molar-refractivity contribution in [3.8, 4) is 0 Å². The molecule has 0 radical (unpaired) electrons. The van der Waals surface area contributed by atoms with Gasteiger partial charge in [0.05, 0.1) is 0 Å². The molecule has 2 nitrogen and oxygen atoms in total. The van der Waals surface area contributed by atoms with Crippen LogP contribution in [-0.4, -0.2) is 13.8 Å². The van der Waals surface area contributed by atoms with E-state index in [2.05, 4.69) is 0 Å². The fraction of sp³-hybridized carbons (Fsp3) is 1.00. The van der Waals surface area contributed by atoms with Crippen LogP contribution in [-0.2, 0) is 3.74 Å². The Morgan fingerprint density at radius 3 is 1.50 bits per heavy atom. The first kappa shape index (κ1) is 11.2. The van der Waals surface area contributed by atoms with Gasteiger partial charge in [-0.25, -0.2) is 0 Å². The van der Waals surface area contributed by atoms with Crippen molar-refractivity contribution in [3.05, 3.63) is 0 Å². The van der Waals surface area contributed by atoms with Gasteiger partial charge in [-0.15, -0.1) is 0 Å². The maximum absolute atomic E-state index is 9.72. The molecule has 0 unspecified atom stereocenters. The third-order valence-corrected chi connectivity index (χ3v) is 0. The first-order valence-corrected chi connectivity index (χ1v) is 6.54. The van der Waals surface area contributed by atoms with Crippen molar-refractivity contribution in [2.75, 3.05) is 0 Å². The summed E-state index contributed by atoms with van der Waals surface area (Å²) < 4.78 is 19.4. The zero-order chi connectivity index (χ0) is 4.50. The minimum absolute atomic E-state index is 0. The SMILES string of the molecule is C[As](C)(=O)[O-].[Cs+]. The van der Waals surface area contributed by atoms with E-state index in [0.717, 1.165) is 0 Å². The van der Waals surface area contributed by atoms with Gasteiger partial charge >= 0.3 is 102 Å². The second-order valence-electron chi connectivity index (χ2n) is 1.25. The molecule has 0 fully saturated rings. The van der Waals surface area contributed by atoms with Crippen LogP contribution < -0.4 is 73.0 Å². The summed E-state index contributed by atoms with van der Waals surface area (Å²) in [5, 5.41) is 0. The van der Waals surface area contributed by atoms with Crippen LogP contribution in [0.1, 0.15) is 0 Å². The first-order valence-electron chi connectivity index (χ1n) is 1.26. The largest absolute Gasteiger partial charge is 1.00 e. The van der Waals surface area contributed by atoms with Crippen molar-refractivity contribution in [3.63, 3.8) is 0 Å². The third-order valence-electron chi connectivity index (χ3n) is 0. The average Bonchev–Trinajstić information content (AvgIpc) is 0.722. The monoisotopic (exact) mass is 270 g/mol. The molecule has 0 saturated heterocycles. The predicted molar refractivity (Wildman–Crippen MR) is 18.2 cm³/mol. The van der Waals surface area contributed by atoms with Gasteiger partial charge in [0.1, 0.15) is 0 Å². The smallest absolute Gasteiger partial charge is 1.00 e. The first-order chi connectivity index (χ1) is 2.00. The van der Waals surface area contributed by atoms with E-state index in [4.69, 9.17) is 0 Å². The molecular weight excluding hydrogens is 264 g/mol. The molecule has 0 aromatic rings. The van der Waals surface area contributed by atoms with Crippen molar-refractivity contribution in [2.24, 2.45) is 0 Å². The van der Waals surface area contributed by atoms with E-state index in [0.29, 0.717) is 0 Å². The molecule has 0 aromatic heterocycles. The molecule has 0 bridgehead atoms. The summed E-state index contributed by atoms with van der Waals surface area (Å²) >= 11 is -3.38. The van der Waals surface area contributed by atoms with E-state index in [9.17, 15) is 7.84 Å². The second kappa shape index (κ2) is 4.27. The van der Waals surface area contributed by atoms with Crippen molar-refractivity contribution in [1.82, 2.24) is 0 Å². The van der Waals surface area contributed by atoms with E-state index in [-0.39, 0.29) is 68.9 Å². The van der Waals surface area contributed by atoms with Crippen molar-refractivity contribution < 1.29 is 76.7 Å². The van der Waals surface area contributed by atoms with Crippen LogP contribution in [0.15, 0.2) is 0 Å². The van der Waals surface area contributed by atoms with Crippen molar-refractivity contribution in [2.45, 2.75) is 11.4 Å². The Morgan fingerprint density at radius 1 is 1.50 bits per heavy atom. The van der Waals surface area contributed by atoms with Gasteiger partial charge in [0.2, 0.25) is 0 Å². The molecule has 0 rings (SSSR count). The summed E-state index contributed by atoms with van der Waals surface area (Å²) in [5.74, 6) is 0. The Hall–Kier alpha value is 2.37. The zero-order valence-electron chi connectivity index (χ0n) is 4.26. The van der Waals surface area contributed by atoms with E-state index in [1.165, 1.54) is 11.4 Å². The molecule has 0 aromatic carbocycles. The van der Waals surface area contributed by atoms with E-state index in [1.54, 1.807) is 0 Å². The molecule has 4 heteroatoms. The van der Waals surface area contributed by atoms with Gasteiger partial charge < -0.3 is 0 Å². The zero-order valence-corrected chi connectivity index (χ0v) is 12.4. The van der Waals surface area contributed by atoms with E-state index < -0.39 is 13.8 Å². The average molecular weight is 270 g/mol. The molecule has 0 spiro atoms. The van der Waals surface area contributed by atoms with Crippen LogP contribution in [0, 0.1) is 0 Å². The predicted octanol–water partition coefficient (Wildman–Crippen LogP) is -3.52. The standard InChI is InChI=1S/C2H7AsO2.Cs/c1-3(2,4)5;/h1-2H3,(H,4,5);/q;+1/p-1. The fourth-order valence-corrected chi connectivity index (χ4v) is 0. The molecule has 0 aliphatic carbocycles. The molecule has 0 amide bonds. The molecule has 32 valence electrons. The van der Waals surface area contributed by atoms with Crippen molar-refractivity contribution in [1.29, 1.82) is 0 Å². The van der Waals surface area contributed by atoms with Gasteiger partial charge in [0.15, 0.2) is 0 Å². The van der Waals surface area contributed by atoms with Gasteiger partial charge in [0, 0.05) is 0 Å². The van der Waals surface area contributed by atoms with Gasteiger partial charge in [0.25, 0.3) is 0 Å². The summed E-state index contributed by atoms with van der Waals surface area (Å²) in [4.78, 5) is 0. The summed E-state index contributed by atoms with van der Waals surface area (Å²) in [6.45, 7) is 0. The van der Waals surface area contributed by atoms with Gasteiger partial charge in [-0.3, -0.25) is 0 Å². The van der Waals surface area contributed by atoms with Crippen LogP contribution in [0.4, 0.5) is 0 Å². The van der Waals surface area contributed by atoms with Gasteiger partial charge in [-0.05, 0) is 0 Å². The molecule has 0 atom stereocenters. The Kier molecular flexibility index (Phi) is 7.97. The summed E-state index contributed by atoms with van der Waals surface area (Å²) in [6.07, 6.45) is 0. The molecule has 0 saturated carbocycles. The Morgan fingerprint density at radius 2 is 1.50 bits per heavy atom. The number of hydrogen-bond donors (Lipinski definition) is 0. The Labute approximate surface area is 99.1 Å². The molecule has 0 heterocycles. The fourth-order valence-electron chi connectivity index (χ4n) is 0. The molecular formula is C2H6AsCsO2. The van der Waals surface area contributed by atoms with Crippen molar-refractivity contribution >= 4 is 13.8 Å². The Bertz CT molecular complexity index is 57.7. The quantitative estimate of drug-likeness (QED) is 0.428. The van der Waals surface area contributed by atoms with Crippen LogP contribution in [0.3, 0.4) is 0 Å². The minimum Gasteiger partial charge on any atom is 1.00 e. The molecule has 0 N–H and O–H groups in total. The number of hydrogen-bond acceptors (Lipinski definition) is 2.